The van der Waals surface area contributed by atoms with Crippen LogP contribution in [0.4, 0.5) is 0 Å². The van der Waals surface area contributed by atoms with Gasteiger partial charge in [-0.25, -0.2) is 4.98 Å². The monoisotopic (exact) mass is 364 g/mol. The molecular formula is C19H16N4O2S. The molecule has 4 heterocycles. The lowest BCUT2D eigenvalue weighted by molar-refractivity contribution is 0.0843. The Labute approximate surface area is 153 Å². The minimum atomic E-state index is -0.298. The summed E-state index contributed by atoms with van der Waals surface area (Å²) in [5.41, 5.74) is 2.30. The van der Waals surface area contributed by atoms with Crippen molar-refractivity contribution in [2.45, 2.75) is 31.8 Å². The summed E-state index contributed by atoms with van der Waals surface area (Å²) in [5, 5.41) is 10.1. The summed E-state index contributed by atoms with van der Waals surface area (Å²) in [6.07, 6.45) is 6.28. The Balaban J connectivity index is 1.49. The molecule has 0 amide bonds. The van der Waals surface area contributed by atoms with Gasteiger partial charge in [-0.05, 0) is 43.4 Å². The van der Waals surface area contributed by atoms with E-state index in [2.05, 4.69) is 10.2 Å². The van der Waals surface area contributed by atoms with E-state index in [9.17, 15) is 0 Å². The first-order valence-electron chi connectivity index (χ1n) is 8.91. The highest BCUT2D eigenvalue weighted by Gasteiger charge is 2.28. The van der Waals surface area contributed by atoms with Crippen LogP contribution >= 0.6 is 11.3 Å². The molecule has 0 saturated carbocycles. The molecule has 7 heteroatoms. The molecule has 1 atom stereocenters. The SMILES string of the molecule is c1ccc2c(c1)OC[C@H](c1nnc3c4c5c(sc4ncn13)CCCC5)O2. The van der Waals surface area contributed by atoms with E-state index in [1.807, 2.05) is 35.0 Å². The van der Waals surface area contributed by atoms with Crippen LogP contribution < -0.4 is 9.47 Å². The van der Waals surface area contributed by atoms with Crippen molar-refractivity contribution in [3.8, 4) is 11.5 Å². The molecule has 1 aliphatic carbocycles. The molecule has 0 fully saturated rings. The van der Waals surface area contributed by atoms with E-state index in [4.69, 9.17) is 14.5 Å². The summed E-state index contributed by atoms with van der Waals surface area (Å²) in [6.45, 7) is 0.414. The zero-order valence-electron chi connectivity index (χ0n) is 14.0. The summed E-state index contributed by atoms with van der Waals surface area (Å²) in [5.74, 6) is 2.24. The Hall–Kier alpha value is -2.67. The fourth-order valence-corrected chi connectivity index (χ4v) is 5.16. The quantitative estimate of drug-likeness (QED) is 0.515. The van der Waals surface area contributed by atoms with E-state index in [1.54, 1.807) is 11.3 Å². The van der Waals surface area contributed by atoms with Crippen molar-refractivity contribution in [3.05, 3.63) is 46.9 Å². The summed E-state index contributed by atoms with van der Waals surface area (Å²) >= 11 is 1.80. The maximum absolute atomic E-state index is 6.12. The highest BCUT2D eigenvalue weighted by atomic mass is 32.1. The van der Waals surface area contributed by atoms with Crippen molar-refractivity contribution in [1.29, 1.82) is 0 Å². The molecule has 0 saturated heterocycles. The molecule has 6 rings (SSSR count). The number of hydrogen-bond donors (Lipinski definition) is 0. The molecular weight excluding hydrogens is 348 g/mol. The molecule has 130 valence electrons. The largest absolute Gasteiger partial charge is 0.485 e. The van der Waals surface area contributed by atoms with E-state index < -0.39 is 0 Å². The van der Waals surface area contributed by atoms with E-state index >= 15 is 0 Å². The minimum absolute atomic E-state index is 0.298. The number of benzene rings is 1. The predicted molar refractivity (Wildman–Crippen MR) is 98.1 cm³/mol. The lowest BCUT2D eigenvalue weighted by Crippen LogP contribution is -2.23. The van der Waals surface area contributed by atoms with Crippen molar-refractivity contribution in [2.24, 2.45) is 0 Å². The average Bonchev–Trinajstić information content (AvgIpc) is 3.28. The third-order valence-corrected chi connectivity index (χ3v) is 6.39. The van der Waals surface area contributed by atoms with Crippen molar-refractivity contribution < 1.29 is 9.47 Å². The molecule has 26 heavy (non-hydrogen) atoms. The number of aryl methyl sites for hydroxylation is 2. The van der Waals surface area contributed by atoms with Gasteiger partial charge in [0, 0.05) is 4.88 Å². The van der Waals surface area contributed by atoms with Crippen LogP contribution in [0, 0.1) is 0 Å². The molecule has 3 aromatic heterocycles. The maximum atomic E-state index is 6.12. The molecule has 4 aromatic rings. The van der Waals surface area contributed by atoms with Crippen molar-refractivity contribution in [1.82, 2.24) is 19.6 Å². The molecule has 0 N–H and O–H groups in total. The van der Waals surface area contributed by atoms with Crippen LogP contribution in [-0.4, -0.2) is 26.2 Å². The van der Waals surface area contributed by atoms with Gasteiger partial charge in [0.1, 0.15) is 17.8 Å². The van der Waals surface area contributed by atoms with Gasteiger partial charge < -0.3 is 9.47 Å². The van der Waals surface area contributed by atoms with E-state index in [-0.39, 0.29) is 6.10 Å². The Kier molecular flexibility index (Phi) is 3.02. The Morgan fingerprint density at radius 2 is 1.96 bits per heavy atom. The number of thiophene rings is 1. The summed E-state index contributed by atoms with van der Waals surface area (Å²) in [7, 11) is 0. The molecule has 0 radical (unpaired) electrons. The third kappa shape index (κ3) is 2.00. The summed E-state index contributed by atoms with van der Waals surface area (Å²) in [6, 6.07) is 7.71. The molecule has 2 aliphatic rings. The van der Waals surface area contributed by atoms with Gasteiger partial charge in [-0.15, -0.1) is 21.5 Å². The molecule has 6 nitrogen and oxygen atoms in total. The first kappa shape index (κ1) is 14.5. The van der Waals surface area contributed by atoms with E-state index in [1.165, 1.54) is 28.7 Å². The van der Waals surface area contributed by atoms with Crippen LogP contribution in [0.5, 0.6) is 11.5 Å². The van der Waals surface area contributed by atoms with E-state index in [0.717, 1.165) is 40.6 Å². The topological polar surface area (TPSA) is 61.5 Å². The fraction of sp³-hybridized carbons (Fsp3) is 0.316. The maximum Gasteiger partial charge on any atom is 0.192 e. The summed E-state index contributed by atoms with van der Waals surface area (Å²) in [4.78, 5) is 7.22. The Bertz CT molecular complexity index is 1150. The Morgan fingerprint density at radius 3 is 2.92 bits per heavy atom. The third-order valence-electron chi connectivity index (χ3n) is 5.19. The number of aromatic nitrogens is 4. The number of rotatable bonds is 1. The van der Waals surface area contributed by atoms with Crippen molar-refractivity contribution in [3.63, 3.8) is 0 Å². The van der Waals surface area contributed by atoms with Crippen LogP contribution in [0.3, 0.4) is 0 Å². The standard InChI is InChI=1S/C19H16N4O2S/c1-4-8-15-11(5-1)16-18-22-21-17(23(18)10-20-19(16)26-15)14-9-24-12-6-2-3-7-13(12)25-14/h2-3,6-7,10,14H,1,4-5,8-9H2/t14-/m1/s1. The van der Waals surface area contributed by atoms with Crippen LogP contribution in [0.25, 0.3) is 15.9 Å². The van der Waals surface area contributed by atoms with E-state index in [0.29, 0.717) is 6.61 Å². The van der Waals surface area contributed by atoms with Crippen LogP contribution in [0.2, 0.25) is 0 Å². The normalized spacial score (nSPS) is 19.0. The lowest BCUT2D eigenvalue weighted by Gasteiger charge is -2.25. The van der Waals surface area contributed by atoms with Crippen LogP contribution in [-0.2, 0) is 12.8 Å². The highest BCUT2D eigenvalue weighted by molar-refractivity contribution is 7.19. The van der Waals surface area contributed by atoms with Gasteiger partial charge in [0.05, 0.1) is 5.39 Å². The van der Waals surface area contributed by atoms with Crippen LogP contribution in [0.1, 0.15) is 35.2 Å². The van der Waals surface area contributed by atoms with Gasteiger partial charge in [-0.3, -0.25) is 4.40 Å². The van der Waals surface area contributed by atoms with Gasteiger partial charge >= 0.3 is 0 Å². The smallest absolute Gasteiger partial charge is 0.192 e. The van der Waals surface area contributed by atoms with Gasteiger partial charge in [-0.2, -0.15) is 0 Å². The second kappa shape index (κ2) is 5.41. The number of hydrogen-bond acceptors (Lipinski definition) is 6. The number of fused-ring (bicyclic) bond motifs is 6. The molecule has 0 spiro atoms. The molecule has 0 unspecified atom stereocenters. The zero-order chi connectivity index (χ0) is 17.1. The molecule has 0 bridgehead atoms. The lowest BCUT2D eigenvalue weighted by atomic mass is 9.97. The van der Waals surface area contributed by atoms with Gasteiger partial charge in [0.15, 0.2) is 29.1 Å². The fourth-order valence-electron chi connectivity index (χ4n) is 3.94. The van der Waals surface area contributed by atoms with Gasteiger partial charge in [0.2, 0.25) is 0 Å². The Morgan fingerprint density at radius 1 is 1.08 bits per heavy atom. The second-order valence-corrected chi connectivity index (χ2v) is 7.84. The van der Waals surface area contributed by atoms with Crippen molar-refractivity contribution >= 4 is 27.2 Å². The predicted octanol–water partition coefficient (Wildman–Crippen LogP) is 3.73. The summed E-state index contributed by atoms with van der Waals surface area (Å²) < 4.78 is 13.9. The van der Waals surface area contributed by atoms with Crippen LogP contribution in [0.15, 0.2) is 30.6 Å². The number of para-hydroxylation sites is 2. The number of ether oxygens (including phenoxy) is 2. The highest BCUT2D eigenvalue weighted by Crippen LogP contribution is 2.39. The van der Waals surface area contributed by atoms with Gasteiger partial charge in [-0.1, -0.05) is 12.1 Å². The van der Waals surface area contributed by atoms with Crippen molar-refractivity contribution in [2.75, 3.05) is 6.61 Å². The first-order valence-corrected chi connectivity index (χ1v) is 9.72. The zero-order valence-corrected chi connectivity index (χ0v) is 14.8. The first-order chi connectivity index (χ1) is 12.9. The molecule has 1 aliphatic heterocycles. The number of nitrogens with zero attached hydrogens (tertiary/aromatic N) is 4. The molecule has 1 aromatic carbocycles. The van der Waals surface area contributed by atoms with Gasteiger partial charge in [0.25, 0.3) is 0 Å². The minimum Gasteiger partial charge on any atom is -0.485 e. The average molecular weight is 364 g/mol. The second-order valence-electron chi connectivity index (χ2n) is 6.75.